The highest BCUT2D eigenvalue weighted by Crippen LogP contribution is 2.25. The molecule has 0 aromatic heterocycles. The van der Waals surface area contributed by atoms with Gasteiger partial charge in [0.15, 0.2) is 0 Å². The average Bonchev–Trinajstić information content (AvgIpc) is 3.17. The van der Waals surface area contributed by atoms with E-state index in [1.807, 2.05) is 4.90 Å². The summed E-state index contributed by atoms with van der Waals surface area (Å²) in [7, 11) is 0. The maximum absolute atomic E-state index is 13.2. The minimum Gasteiger partial charge on any atom is -0.493 e. The number of hydrogen-bond acceptors (Lipinski definition) is 2. The Morgan fingerprint density at radius 3 is 2.82 bits per heavy atom. The van der Waals surface area contributed by atoms with Crippen LogP contribution in [0.25, 0.3) is 6.08 Å². The molecular weight excluding hydrogens is 379 g/mol. The third kappa shape index (κ3) is 4.37. The van der Waals surface area contributed by atoms with Crippen molar-refractivity contribution in [2.45, 2.75) is 13.0 Å². The lowest BCUT2D eigenvalue weighted by Crippen LogP contribution is -3.13. The zero-order valence-corrected chi connectivity index (χ0v) is 16.3. The quantitative estimate of drug-likeness (QED) is 0.798. The van der Waals surface area contributed by atoms with Gasteiger partial charge in [0.25, 0.3) is 0 Å². The van der Waals surface area contributed by atoms with Crippen molar-refractivity contribution in [3.05, 3.63) is 70.0 Å². The van der Waals surface area contributed by atoms with Crippen LogP contribution in [0.2, 0.25) is 5.02 Å². The van der Waals surface area contributed by atoms with Crippen molar-refractivity contribution >= 4 is 23.6 Å². The predicted molar refractivity (Wildman–Crippen MR) is 107 cm³/mol. The number of ether oxygens (including phenoxy) is 1. The number of nitrogens with zero attached hydrogens (tertiary/aromatic N) is 1. The summed E-state index contributed by atoms with van der Waals surface area (Å²) < 4.78 is 18.8. The molecule has 4 nitrogen and oxygen atoms in total. The standard InChI is InChI=1S/C22H22ClFN2O2/c23-19-14-16(1-4-20(19)24)3-6-22(27)26-10-8-25(9-11-26)15-17-2-5-21-18(13-17)7-12-28-21/h1-6,13-14H,7-12,15H2/p+1/b6-3+. The zero-order valence-electron chi connectivity index (χ0n) is 15.6. The molecule has 0 aliphatic carbocycles. The molecule has 0 radical (unpaired) electrons. The van der Waals surface area contributed by atoms with E-state index in [1.165, 1.54) is 34.2 Å². The van der Waals surface area contributed by atoms with Gasteiger partial charge in [-0.05, 0) is 47.5 Å². The number of benzene rings is 2. The summed E-state index contributed by atoms with van der Waals surface area (Å²) in [4.78, 5) is 15.8. The van der Waals surface area contributed by atoms with Gasteiger partial charge in [-0.2, -0.15) is 0 Å². The molecule has 28 heavy (non-hydrogen) atoms. The number of carbonyl (C=O) groups excluding carboxylic acids is 1. The Kier molecular flexibility index (Phi) is 5.64. The second-order valence-electron chi connectivity index (χ2n) is 7.30. The molecule has 146 valence electrons. The molecular formula is C22H23ClFN2O2+. The topological polar surface area (TPSA) is 34.0 Å². The fourth-order valence-electron chi connectivity index (χ4n) is 3.75. The van der Waals surface area contributed by atoms with Crippen LogP contribution in [0.15, 0.2) is 42.5 Å². The van der Waals surface area contributed by atoms with Crippen molar-refractivity contribution in [2.75, 3.05) is 32.8 Å². The number of rotatable bonds is 4. The number of piperazine rings is 1. The van der Waals surface area contributed by atoms with Crippen molar-refractivity contribution in [3.63, 3.8) is 0 Å². The highest BCUT2D eigenvalue weighted by Gasteiger charge is 2.23. The van der Waals surface area contributed by atoms with Gasteiger partial charge >= 0.3 is 0 Å². The zero-order chi connectivity index (χ0) is 19.5. The molecule has 6 heteroatoms. The maximum Gasteiger partial charge on any atom is 0.246 e. The fraction of sp³-hybridized carbons (Fsp3) is 0.318. The van der Waals surface area contributed by atoms with Crippen LogP contribution in [0, 0.1) is 5.82 Å². The van der Waals surface area contributed by atoms with E-state index >= 15 is 0 Å². The van der Waals surface area contributed by atoms with Crippen molar-refractivity contribution in [1.82, 2.24) is 4.90 Å². The largest absolute Gasteiger partial charge is 0.493 e. The van der Waals surface area contributed by atoms with E-state index in [0.29, 0.717) is 5.56 Å². The molecule has 2 aliphatic rings. The van der Waals surface area contributed by atoms with Crippen molar-refractivity contribution in [2.24, 2.45) is 0 Å². The first-order valence-corrected chi connectivity index (χ1v) is 9.96. The summed E-state index contributed by atoms with van der Waals surface area (Å²) >= 11 is 5.78. The van der Waals surface area contributed by atoms with Crippen LogP contribution in [0.5, 0.6) is 5.75 Å². The molecule has 0 spiro atoms. The maximum atomic E-state index is 13.2. The first-order valence-electron chi connectivity index (χ1n) is 9.59. The molecule has 0 saturated carbocycles. The lowest BCUT2D eigenvalue weighted by Gasteiger charge is -2.31. The molecule has 1 saturated heterocycles. The summed E-state index contributed by atoms with van der Waals surface area (Å²) in [6, 6.07) is 10.9. The second-order valence-corrected chi connectivity index (χ2v) is 7.71. The molecule has 2 heterocycles. The van der Waals surface area contributed by atoms with Crippen molar-refractivity contribution < 1.29 is 18.8 Å². The highest BCUT2D eigenvalue weighted by molar-refractivity contribution is 6.30. The van der Waals surface area contributed by atoms with Gasteiger partial charge in [-0.15, -0.1) is 0 Å². The van der Waals surface area contributed by atoms with Crippen molar-refractivity contribution in [3.8, 4) is 5.75 Å². The summed E-state index contributed by atoms with van der Waals surface area (Å²) in [6.07, 6.45) is 4.21. The third-order valence-corrected chi connectivity index (χ3v) is 5.64. The minimum absolute atomic E-state index is 0.0193. The molecule has 2 aromatic carbocycles. The van der Waals surface area contributed by atoms with Crippen LogP contribution in [0.4, 0.5) is 4.39 Å². The SMILES string of the molecule is O=C(/C=C/c1ccc(F)c(Cl)c1)N1CC[NH+](Cc2ccc3c(c2)CCO3)CC1. The number of amides is 1. The van der Waals surface area contributed by atoms with Gasteiger partial charge in [-0.25, -0.2) is 4.39 Å². The molecule has 1 amide bonds. The van der Waals surface area contributed by atoms with Gasteiger partial charge in [0.1, 0.15) is 18.1 Å². The first kappa shape index (κ1) is 19.0. The normalized spacial score (nSPS) is 17.0. The van der Waals surface area contributed by atoms with Crippen LogP contribution < -0.4 is 9.64 Å². The number of fused-ring (bicyclic) bond motifs is 1. The lowest BCUT2D eigenvalue weighted by molar-refractivity contribution is -0.917. The molecule has 2 aliphatic heterocycles. The third-order valence-electron chi connectivity index (χ3n) is 5.35. The number of quaternary nitrogens is 1. The van der Waals surface area contributed by atoms with Crippen LogP contribution in [-0.4, -0.2) is 43.6 Å². The van der Waals surface area contributed by atoms with E-state index < -0.39 is 5.82 Å². The van der Waals surface area contributed by atoms with Gasteiger partial charge in [-0.3, -0.25) is 4.79 Å². The van der Waals surface area contributed by atoms with Crippen molar-refractivity contribution in [1.29, 1.82) is 0 Å². The summed E-state index contributed by atoms with van der Waals surface area (Å²) in [6.45, 7) is 5.07. The summed E-state index contributed by atoms with van der Waals surface area (Å²) in [5.74, 6) is 0.540. The Labute approximate surface area is 169 Å². The molecule has 2 aromatic rings. The Balaban J connectivity index is 1.29. The molecule has 0 unspecified atom stereocenters. The predicted octanol–water partition coefficient (Wildman–Crippen LogP) is 2.35. The Bertz CT molecular complexity index is 907. The summed E-state index contributed by atoms with van der Waals surface area (Å²) in [5.41, 5.74) is 3.34. The molecule has 4 rings (SSSR count). The number of halogens is 2. The molecule has 0 atom stereocenters. The Hall–Kier alpha value is -2.37. The van der Waals surface area contributed by atoms with E-state index in [0.717, 1.165) is 51.5 Å². The average molecular weight is 402 g/mol. The lowest BCUT2D eigenvalue weighted by atomic mass is 10.1. The number of hydrogen-bond donors (Lipinski definition) is 1. The monoisotopic (exact) mass is 401 g/mol. The number of nitrogens with one attached hydrogen (secondary N) is 1. The minimum atomic E-state index is -0.458. The van der Waals surface area contributed by atoms with Crippen LogP contribution in [0.3, 0.4) is 0 Å². The van der Waals surface area contributed by atoms with Gasteiger partial charge in [-0.1, -0.05) is 17.7 Å². The Morgan fingerprint density at radius 2 is 2.04 bits per heavy atom. The van der Waals surface area contributed by atoms with E-state index in [2.05, 4.69) is 18.2 Å². The highest BCUT2D eigenvalue weighted by atomic mass is 35.5. The van der Waals surface area contributed by atoms with E-state index in [9.17, 15) is 9.18 Å². The van der Waals surface area contributed by atoms with Crippen LogP contribution >= 0.6 is 11.6 Å². The summed E-state index contributed by atoms with van der Waals surface area (Å²) in [5, 5.41) is 0.0601. The number of carbonyl (C=O) groups is 1. The van der Waals surface area contributed by atoms with Crippen LogP contribution in [-0.2, 0) is 17.8 Å². The van der Waals surface area contributed by atoms with Gasteiger partial charge < -0.3 is 14.5 Å². The molecule has 1 fully saturated rings. The van der Waals surface area contributed by atoms with Gasteiger partial charge in [0, 0.05) is 18.1 Å². The fourth-order valence-corrected chi connectivity index (χ4v) is 3.94. The van der Waals surface area contributed by atoms with Gasteiger partial charge in [0.2, 0.25) is 5.91 Å². The Morgan fingerprint density at radius 1 is 1.21 bits per heavy atom. The van der Waals surface area contributed by atoms with E-state index in [-0.39, 0.29) is 10.9 Å². The first-order chi connectivity index (χ1) is 13.6. The van der Waals surface area contributed by atoms with Crippen LogP contribution in [0.1, 0.15) is 16.7 Å². The molecule has 0 bridgehead atoms. The van der Waals surface area contributed by atoms with E-state index in [1.54, 1.807) is 12.1 Å². The smallest absolute Gasteiger partial charge is 0.246 e. The molecule has 1 N–H and O–H groups in total. The van der Waals surface area contributed by atoms with Gasteiger partial charge in [0.05, 0.1) is 37.8 Å². The second kappa shape index (κ2) is 8.33. The van der Waals surface area contributed by atoms with E-state index in [4.69, 9.17) is 16.3 Å².